The Morgan fingerprint density at radius 2 is 1.69 bits per heavy atom. The molecule has 2 amide bonds. The summed E-state index contributed by atoms with van der Waals surface area (Å²) in [6.45, 7) is 3.85. The molecule has 0 radical (unpaired) electrons. The minimum Gasteiger partial charge on any atom is -0.341 e. The highest BCUT2D eigenvalue weighted by Gasteiger charge is 2.42. The van der Waals surface area contributed by atoms with Crippen molar-refractivity contribution in [2.75, 3.05) is 26.2 Å². The first-order valence-corrected chi connectivity index (χ1v) is 10.6. The van der Waals surface area contributed by atoms with Crippen LogP contribution < -0.4 is 5.32 Å². The molecule has 29 heavy (non-hydrogen) atoms. The van der Waals surface area contributed by atoms with Crippen molar-refractivity contribution in [1.29, 1.82) is 0 Å². The van der Waals surface area contributed by atoms with E-state index in [0.29, 0.717) is 19.4 Å². The van der Waals surface area contributed by atoms with E-state index in [2.05, 4.69) is 5.32 Å². The molecule has 5 nitrogen and oxygen atoms in total. The number of hydrogen-bond donors (Lipinski definition) is 1. The fourth-order valence-corrected chi connectivity index (χ4v) is 4.54. The van der Waals surface area contributed by atoms with Gasteiger partial charge in [-0.25, -0.2) is 0 Å². The third-order valence-electron chi connectivity index (χ3n) is 6.01. The van der Waals surface area contributed by atoms with E-state index in [4.69, 9.17) is 0 Å². The van der Waals surface area contributed by atoms with Crippen LogP contribution in [0.2, 0.25) is 0 Å². The summed E-state index contributed by atoms with van der Waals surface area (Å²) in [5.41, 5.74) is 2.14. The van der Waals surface area contributed by atoms with Gasteiger partial charge in [-0.15, -0.1) is 0 Å². The van der Waals surface area contributed by atoms with Crippen molar-refractivity contribution in [3.05, 3.63) is 71.8 Å². The number of piperidine rings is 1. The van der Waals surface area contributed by atoms with E-state index in [1.807, 2.05) is 70.5 Å². The summed E-state index contributed by atoms with van der Waals surface area (Å²) in [7, 11) is 0. The number of nitrogens with one attached hydrogen (secondary N) is 1. The smallest absolute Gasteiger partial charge is 0.228 e. The van der Waals surface area contributed by atoms with E-state index in [9.17, 15) is 9.59 Å². The number of likely N-dealkylation sites (tertiary alicyclic amines) is 1. The van der Waals surface area contributed by atoms with Crippen molar-refractivity contribution in [1.82, 2.24) is 15.1 Å². The Morgan fingerprint density at radius 3 is 2.45 bits per heavy atom. The molecular formula is C24H29N3O2. The predicted octanol–water partition coefficient (Wildman–Crippen LogP) is 2.99. The molecule has 0 saturated carbocycles. The molecule has 0 aromatic heterocycles. The lowest BCUT2D eigenvalue weighted by Crippen LogP contribution is -2.49. The Morgan fingerprint density at radius 1 is 0.966 bits per heavy atom. The quantitative estimate of drug-likeness (QED) is 0.872. The van der Waals surface area contributed by atoms with E-state index >= 15 is 0 Å². The standard InChI is InChI=1S/C24H29N3O2/c28-22-13-12-21(24(29)26-16-7-14-25-15-17-26)23(20-10-5-2-6-11-20)27(22)18-19-8-3-1-4-9-19/h1-6,8-11,21,23,25H,7,12-18H2. The van der Waals surface area contributed by atoms with Gasteiger partial charge in [0.05, 0.1) is 12.0 Å². The average molecular weight is 392 g/mol. The Labute approximate surface area is 172 Å². The number of carbonyl (C=O) groups excluding carboxylic acids is 2. The van der Waals surface area contributed by atoms with Crippen LogP contribution in [-0.2, 0) is 16.1 Å². The summed E-state index contributed by atoms with van der Waals surface area (Å²) in [5.74, 6) is 0.120. The molecule has 1 N–H and O–H groups in total. The van der Waals surface area contributed by atoms with Crippen LogP contribution in [0.25, 0.3) is 0 Å². The molecule has 0 bridgehead atoms. The summed E-state index contributed by atoms with van der Waals surface area (Å²) in [6, 6.07) is 19.9. The van der Waals surface area contributed by atoms with Crippen molar-refractivity contribution >= 4 is 11.8 Å². The van der Waals surface area contributed by atoms with E-state index < -0.39 is 0 Å². The molecule has 2 aromatic rings. The number of benzene rings is 2. The third kappa shape index (κ3) is 4.51. The third-order valence-corrected chi connectivity index (χ3v) is 6.01. The van der Waals surface area contributed by atoms with Crippen molar-refractivity contribution in [3.8, 4) is 0 Å². The molecule has 2 aliphatic rings. The van der Waals surface area contributed by atoms with Crippen LogP contribution in [0.5, 0.6) is 0 Å². The normalized spacial score (nSPS) is 23.0. The second-order valence-electron chi connectivity index (χ2n) is 7.94. The lowest BCUT2D eigenvalue weighted by molar-refractivity contribution is -0.148. The molecule has 2 heterocycles. The zero-order chi connectivity index (χ0) is 20.1. The van der Waals surface area contributed by atoms with Crippen molar-refractivity contribution in [2.24, 2.45) is 5.92 Å². The van der Waals surface area contributed by atoms with Gasteiger partial charge in [-0.05, 0) is 30.5 Å². The largest absolute Gasteiger partial charge is 0.341 e. The number of rotatable bonds is 4. The molecular weight excluding hydrogens is 362 g/mol. The maximum atomic E-state index is 13.6. The molecule has 0 aliphatic carbocycles. The van der Waals surface area contributed by atoms with Crippen LogP contribution in [0, 0.1) is 5.92 Å². The molecule has 152 valence electrons. The SMILES string of the molecule is O=C(C1CCC(=O)N(Cc2ccccc2)C1c1ccccc1)N1CCCNCC1. The molecule has 5 heteroatoms. The number of amides is 2. The van der Waals surface area contributed by atoms with Gasteiger partial charge in [0.1, 0.15) is 0 Å². The zero-order valence-electron chi connectivity index (χ0n) is 16.8. The fraction of sp³-hybridized carbons (Fsp3) is 0.417. The van der Waals surface area contributed by atoms with E-state index in [1.54, 1.807) is 0 Å². The number of nitrogens with zero attached hydrogens (tertiary/aromatic N) is 2. The van der Waals surface area contributed by atoms with E-state index in [-0.39, 0.29) is 23.8 Å². The van der Waals surface area contributed by atoms with E-state index in [1.165, 1.54) is 0 Å². The van der Waals surface area contributed by atoms with Crippen LogP contribution in [-0.4, -0.2) is 47.8 Å². The van der Waals surface area contributed by atoms with Gasteiger partial charge < -0.3 is 15.1 Å². The van der Waals surface area contributed by atoms with Gasteiger partial charge in [0.2, 0.25) is 11.8 Å². The molecule has 2 fully saturated rings. The summed E-state index contributed by atoms with van der Waals surface area (Å²) in [5, 5.41) is 3.37. The maximum absolute atomic E-state index is 13.6. The fourth-order valence-electron chi connectivity index (χ4n) is 4.54. The average Bonchev–Trinajstić information content (AvgIpc) is 3.05. The molecule has 2 aliphatic heterocycles. The van der Waals surface area contributed by atoms with E-state index in [0.717, 1.165) is 43.7 Å². The maximum Gasteiger partial charge on any atom is 0.228 e. The monoisotopic (exact) mass is 391 g/mol. The van der Waals surface area contributed by atoms with Crippen molar-refractivity contribution in [2.45, 2.75) is 31.8 Å². The molecule has 2 saturated heterocycles. The second-order valence-corrected chi connectivity index (χ2v) is 7.94. The Balaban J connectivity index is 1.66. The first-order valence-electron chi connectivity index (χ1n) is 10.6. The first kappa shape index (κ1) is 19.6. The van der Waals surface area contributed by atoms with Crippen molar-refractivity contribution < 1.29 is 9.59 Å². The van der Waals surface area contributed by atoms with Gasteiger partial charge >= 0.3 is 0 Å². The molecule has 4 rings (SSSR count). The molecule has 2 aromatic carbocycles. The Hall–Kier alpha value is -2.66. The summed E-state index contributed by atoms with van der Waals surface area (Å²) < 4.78 is 0. The van der Waals surface area contributed by atoms with Gasteiger partial charge in [-0.2, -0.15) is 0 Å². The highest BCUT2D eigenvalue weighted by atomic mass is 16.2. The zero-order valence-corrected chi connectivity index (χ0v) is 16.8. The summed E-state index contributed by atoms with van der Waals surface area (Å²) >= 11 is 0. The predicted molar refractivity (Wildman–Crippen MR) is 113 cm³/mol. The molecule has 0 spiro atoms. The lowest BCUT2D eigenvalue weighted by Gasteiger charge is -2.42. The van der Waals surface area contributed by atoms with Crippen LogP contribution >= 0.6 is 0 Å². The topological polar surface area (TPSA) is 52.7 Å². The summed E-state index contributed by atoms with van der Waals surface area (Å²) in [6.07, 6.45) is 2.02. The minimum atomic E-state index is -0.221. The summed E-state index contributed by atoms with van der Waals surface area (Å²) in [4.78, 5) is 30.4. The van der Waals surface area contributed by atoms with Crippen LogP contribution in [0.15, 0.2) is 60.7 Å². The lowest BCUT2D eigenvalue weighted by atomic mass is 9.83. The number of hydrogen-bond acceptors (Lipinski definition) is 3. The van der Waals surface area contributed by atoms with Crippen LogP contribution in [0.1, 0.15) is 36.4 Å². The number of carbonyl (C=O) groups is 2. The molecule has 2 atom stereocenters. The van der Waals surface area contributed by atoms with Gasteiger partial charge in [0.15, 0.2) is 0 Å². The van der Waals surface area contributed by atoms with Gasteiger partial charge in [-0.1, -0.05) is 60.7 Å². The van der Waals surface area contributed by atoms with Crippen LogP contribution in [0.3, 0.4) is 0 Å². The highest BCUT2D eigenvalue weighted by Crippen LogP contribution is 2.38. The first-order chi connectivity index (χ1) is 14.2. The minimum absolute atomic E-state index is 0.129. The highest BCUT2D eigenvalue weighted by molar-refractivity contribution is 5.85. The van der Waals surface area contributed by atoms with Crippen LogP contribution in [0.4, 0.5) is 0 Å². The molecule has 2 unspecified atom stereocenters. The Bertz CT molecular complexity index is 817. The Kier molecular flexibility index (Phi) is 6.25. The second kappa shape index (κ2) is 9.23. The van der Waals surface area contributed by atoms with Gasteiger partial charge in [0.25, 0.3) is 0 Å². The van der Waals surface area contributed by atoms with Gasteiger partial charge in [-0.3, -0.25) is 9.59 Å². The van der Waals surface area contributed by atoms with Crippen molar-refractivity contribution in [3.63, 3.8) is 0 Å². The van der Waals surface area contributed by atoms with Gasteiger partial charge in [0, 0.05) is 32.6 Å².